The molecule has 0 bridgehead atoms. The Kier molecular flexibility index (Phi) is 3.56. The van der Waals surface area contributed by atoms with Crippen LogP contribution in [0, 0.1) is 21.3 Å². The molecule has 0 aliphatic heterocycles. The molecule has 3 N–H and O–H groups in total. The Morgan fingerprint density at radius 2 is 2.15 bits per heavy atom. The Bertz CT molecular complexity index is 690. The number of aromatic nitrogens is 1. The zero-order valence-electron chi connectivity index (χ0n) is 10.0. The number of nitro groups is 1. The van der Waals surface area contributed by atoms with E-state index in [2.05, 4.69) is 4.98 Å². The van der Waals surface area contributed by atoms with E-state index in [1.165, 1.54) is 18.3 Å². The summed E-state index contributed by atoms with van der Waals surface area (Å²) in [4.78, 5) is 14.0. The standard InChI is InChI=1S/C12H9FN4O3/c13-8-1-2-9(17(18)19)10(6-8)20-11-5-7(12(14)15)3-4-16-11/h1-6H,(H3,14,15). The zero-order valence-corrected chi connectivity index (χ0v) is 10.0. The second kappa shape index (κ2) is 5.31. The Balaban J connectivity index is 2.39. The molecule has 1 aromatic heterocycles. The number of amidine groups is 1. The Labute approximate surface area is 112 Å². The molecular formula is C12H9FN4O3. The van der Waals surface area contributed by atoms with Gasteiger partial charge < -0.3 is 10.5 Å². The van der Waals surface area contributed by atoms with E-state index in [9.17, 15) is 14.5 Å². The molecule has 0 radical (unpaired) electrons. The minimum absolute atomic E-state index is 0.0219. The van der Waals surface area contributed by atoms with Crippen LogP contribution in [0.2, 0.25) is 0 Å². The highest BCUT2D eigenvalue weighted by molar-refractivity contribution is 5.95. The summed E-state index contributed by atoms with van der Waals surface area (Å²) in [5, 5.41) is 18.1. The maximum atomic E-state index is 13.1. The number of ether oxygens (including phenoxy) is 1. The fraction of sp³-hybridized carbons (Fsp3) is 0. The summed E-state index contributed by atoms with van der Waals surface area (Å²) in [5.74, 6) is -1.17. The van der Waals surface area contributed by atoms with Crippen molar-refractivity contribution in [3.05, 3.63) is 58.0 Å². The van der Waals surface area contributed by atoms with Crippen LogP contribution in [0.1, 0.15) is 5.56 Å². The number of nitrogens with zero attached hydrogens (tertiary/aromatic N) is 2. The monoisotopic (exact) mass is 276 g/mol. The smallest absolute Gasteiger partial charge is 0.311 e. The Morgan fingerprint density at radius 1 is 1.40 bits per heavy atom. The van der Waals surface area contributed by atoms with E-state index in [4.69, 9.17) is 15.9 Å². The molecule has 1 heterocycles. The van der Waals surface area contributed by atoms with Gasteiger partial charge in [-0.15, -0.1) is 0 Å². The summed E-state index contributed by atoms with van der Waals surface area (Å²) in [6.45, 7) is 0. The number of benzene rings is 1. The van der Waals surface area contributed by atoms with E-state index in [0.29, 0.717) is 5.56 Å². The van der Waals surface area contributed by atoms with Crippen molar-refractivity contribution in [3.63, 3.8) is 0 Å². The van der Waals surface area contributed by atoms with Gasteiger partial charge in [-0.3, -0.25) is 15.5 Å². The highest BCUT2D eigenvalue weighted by atomic mass is 19.1. The summed E-state index contributed by atoms with van der Waals surface area (Å²) < 4.78 is 18.3. The summed E-state index contributed by atoms with van der Waals surface area (Å²) in [6.07, 6.45) is 1.33. The second-order valence-electron chi connectivity index (χ2n) is 3.77. The van der Waals surface area contributed by atoms with Crippen molar-refractivity contribution < 1.29 is 14.1 Å². The van der Waals surface area contributed by atoms with Gasteiger partial charge in [0.05, 0.1) is 4.92 Å². The summed E-state index contributed by atoms with van der Waals surface area (Å²) in [5.41, 5.74) is 5.26. The molecule has 0 saturated heterocycles. The van der Waals surface area contributed by atoms with Gasteiger partial charge in [0.1, 0.15) is 11.7 Å². The lowest BCUT2D eigenvalue weighted by atomic mass is 10.2. The third-order valence-electron chi connectivity index (χ3n) is 2.38. The molecule has 20 heavy (non-hydrogen) atoms. The van der Waals surface area contributed by atoms with Crippen LogP contribution in [0.3, 0.4) is 0 Å². The second-order valence-corrected chi connectivity index (χ2v) is 3.77. The van der Waals surface area contributed by atoms with Gasteiger partial charge in [0.25, 0.3) is 0 Å². The molecule has 0 unspecified atom stereocenters. The number of nitrogens with two attached hydrogens (primary N) is 1. The minimum Gasteiger partial charge on any atom is -0.432 e. The average Bonchev–Trinajstić information content (AvgIpc) is 2.38. The van der Waals surface area contributed by atoms with Crippen LogP contribution >= 0.6 is 0 Å². The molecule has 102 valence electrons. The van der Waals surface area contributed by atoms with E-state index in [-0.39, 0.29) is 23.2 Å². The van der Waals surface area contributed by atoms with E-state index >= 15 is 0 Å². The fourth-order valence-corrected chi connectivity index (χ4v) is 1.47. The van der Waals surface area contributed by atoms with E-state index in [1.807, 2.05) is 0 Å². The van der Waals surface area contributed by atoms with Crippen LogP contribution in [0.15, 0.2) is 36.5 Å². The molecule has 0 fully saturated rings. The molecule has 2 aromatic rings. The molecule has 1 aromatic carbocycles. The number of hydrogen-bond donors (Lipinski definition) is 2. The lowest BCUT2D eigenvalue weighted by molar-refractivity contribution is -0.385. The minimum atomic E-state index is -0.691. The number of nitro benzene ring substituents is 1. The first-order chi connectivity index (χ1) is 9.47. The SMILES string of the molecule is N=C(N)c1ccnc(Oc2cc(F)ccc2[N+](=O)[O-])c1. The van der Waals surface area contributed by atoms with Gasteiger partial charge in [0.15, 0.2) is 0 Å². The molecule has 0 aliphatic carbocycles. The number of rotatable bonds is 4. The van der Waals surface area contributed by atoms with Gasteiger partial charge in [-0.25, -0.2) is 9.37 Å². The molecule has 0 atom stereocenters. The maximum Gasteiger partial charge on any atom is 0.311 e. The van der Waals surface area contributed by atoms with Gasteiger partial charge in [-0.05, 0) is 12.1 Å². The number of hydrogen-bond acceptors (Lipinski definition) is 5. The van der Waals surface area contributed by atoms with Gasteiger partial charge in [0.2, 0.25) is 11.6 Å². The fourth-order valence-electron chi connectivity index (χ4n) is 1.47. The van der Waals surface area contributed by atoms with E-state index < -0.39 is 10.7 Å². The molecule has 2 rings (SSSR count). The summed E-state index contributed by atoms with van der Waals surface area (Å²) in [6, 6.07) is 5.66. The number of pyridine rings is 1. The van der Waals surface area contributed by atoms with Gasteiger partial charge in [-0.2, -0.15) is 0 Å². The first-order valence-electron chi connectivity index (χ1n) is 5.39. The third kappa shape index (κ3) is 2.86. The quantitative estimate of drug-likeness (QED) is 0.384. The summed E-state index contributed by atoms with van der Waals surface area (Å²) >= 11 is 0. The first-order valence-corrected chi connectivity index (χ1v) is 5.39. The van der Waals surface area contributed by atoms with Crippen molar-refractivity contribution in [1.82, 2.24) is 4.98 Å². The molecule has 0 saturated carbocycles. The van der Waals surface area contributed by atoms with Crippen LogP contribution in [-0.2, 0) is 0 Å². The molecule has 8 heteroatoms. The average molecular weight is 276 g/mol. The van der Waals surface area contributed by atoms with Gasteiger partial charge >= 0.3 is 5.69 Å². The normalized spacial score (nSPS) is 10.1. The van der Waals surface area contributed by atoms with Crippen molar-refractivity contribution in [1.29, 1.82) is 5.41 Å². The van der Waals surface area contributed by atoms with Crippen molar-refractivity contribution >= 4 is 11.5 Å². The van der Waals surface area contributed by atoms with Crippen molar-refractivity contribution in [2.24, 2.45) is 5.73 Å². The predicted molar refractivity (Wildman–Crippen MR) is 68.4 cm³/mol. The highest BCUT2D eigenvalue weighted by Gasteiger charge is 2.17. The zero-order chi connectivity index (χ0) is 14.7. The van der Waals surface area contributed by atoms with Crippen molar-refractivity contribution in [2.45, 2.75) is 0 Å². The lowest BCUT2D eigenvalue weighted by Gasteiger charge is -2.06. The Hall–Kier alpha value is -3.03. The Morgan fingerprint density at radius 3 is 2.80 bits per heavy atom. The van der Waals surface area contributed by atoms with Crippen LogP contribution < -0.4 is 10.5 Å². The highest BCUT2D eigenvalue weighted by Crippen LogP contribution is 2.31. The van der Waals surface area contributed by atoms with Crippen LogP contribution in [-0.4, -0.2) is 15.7 Å². The molecule has 0 spiro atoms. The third-order valence-corrected chi connectivity index (χ3v) is 2.38. The topological polar surface area (TPSA) is 115 Å². The number of nitrogens with one attached hydrogen (secondary N) is 1. The van der Waals surface area contributed by atoms with Crippen molar-refractivity contribution in [2.75, 3.05) is 0 Å². The lowest BCUT2D eigenvalue weighted by Crippen LogP contribution is -2.11. The largest absolute Gasteiger partial charge is 0.432 e. The van der Waals surface area contributed by atoms with Crippen LogP contribution in [0.4, 0.5) is 10.1 Å². The van der Waals surface area contributed by atoms with Gasteiger partial charge in [-0.1, -0.05) is 0 Å². The van der Waals surface area contributed by atoms with Gasteiger partial charge in [0, 0.05) is 30.0 Å². The molecule has 7 nitrogen and oxygen atoms in total. The first kappa shape index (κ1) is 13.4. The van der Waals surface area contributed by atoms with E-state index in [1.54, 1.807) is 0 Å². The maximum absolute atomic E-state index is 13.1. The van der Waals surface area contributed by atoms with Crippen LogP contribution in [0.5, 0.6) is 11.6 Å². The summed E-state index contributed by atoms with van der Waals surface area (Å²) in [7, 11) is 0. The molecule has 0 aliphatic rings. The van der Waals surface area contributed by atoms with Crippen molar-refractivity contribution in [3.8, 4) is 11.6 Å². The van der Waals surface area contributed by atoms with Crippen LogP contribution in [0.25, 0.3) is 0 Å². The predicted octanol–water partition coefficient (Wildman–Crippen LogP) is 2.21. The number of halogens is 1. The molecular weight excluding hydrogens is 267 g/mol. The van der Waals surface area contributed by atoms with E-state index in [0.717, 1.165) is 18.2 Å². The molecule has 0 amide bonds. The number of nitrogen functional groups attached to an aromatic ring is 1.